The van der Waals surface area contributed by atoms with Crippen LogP contribution in [-0.2, 0) is 6.42 Å². The standard InChI is InChI=1S/C20H17FN4O3/c21-15-4-2-1-3-13(15)7-8-22-19-10-16(23-11-24-19)20(26)25-14-5-6-17-18(9-14)28-12-27-17/h1-6,9-11H,7-8,12H2,(H,25,26)(H,22,23,24). The van der Waals surface area contributed by atoms with Crippen molar-refractivity contribution in [3.63, 3.8) is 0 Å². The van der Waals surface area contributed by atoms with Gasteiger partial charge in [0.25, 0.3) is 5.91 Å². The van der Waals surface area contributed by atoms with Crippen LogP contribution in [-0.4, -0.2) is 29.2 Å². The molecule has 0 saturated carbocycles. The van der Waals surface area contributed by atoms with Crippen LogP contribution in [0.25, 0.3) is 0 Å². The van der Waals surface area contributed by atoms with Gasteiger partial charge in [-0.25, -0.2) is 14.4 Å². The molecule has 142 valence electrons. The van der Waals surface area contributed by atoms with E-state index in [1.165, 1.54) is 12.4 Å². The molecule has 2 aromatic carbocycles. The number of nitrogens with zero attached hydrogens (tertiary/aromatic N) is 2. The molecule has 3 aromatic rings. The number of hydrogen-bond acceptors (Lipinski definition) is 6. The van der Waals surface area contributed by atoms with Crippen molar-refractivity contribution in [1.82, 2.24) is 9.97 Å². The number of rotatable bonds is 6. The number of anilines is 2. The van der Waals surface area contributed by atoms with Crippen LogP contribution in [0.3, 0.4) is 0 Å². The molecule has 1 amide bonds. The van der Waals surface area contributed by atoms with Crippen molar-refractivity contribution in [3.8, 4) is 11.5 Å². The van der Waals surface area contributed by atoms with Crippen molar-refractivity contribution in [2.75, 3.05) is 24.0 Å². The van der Waals surface area contributed by atoms with E-state index in [1.54, 1.807) is 42.5 Å². The Bertz CT molecular complexity index is 1010. The molecule has 0 aliphatic carbocycles. The van der Waals surface area contributed by atoms with Gasteiger partial charge in [0.05, 0.1) is 0 Å². The predicted octanol–water partition coefficient (Wildman–Crippen LogP) is 3.25. The second-order valence-corrected chi connectivity index (χ2v) is 6.08. The lowest BCUT2D eigenvalue weighted by molar-refractivity contribution is 0.102. The van der Waals surface area contributed by atoms with Crippen LogP contribution in [0.2, 0.25) is 0 Å². The first kappa shape index (κ1) is 17.7. The van der Waals surface area contributed by atoms with Gasteiger partial charge in [0.15, 0.2) is 11.5 Å². The van der Waals surface area contributed by atoms with Crippen molar-refractivity contribution in [1.29, 1.82) is 0 Å². The molecule has 0 bridgehead atoms. The molecular formula is C20H17FN4O3. The molecule has 0 spiro atoms. The van der Waals surface area contributed by atoms with Gasteiger partial charge in [0.2, 0.25) is 6.79 Å². The summed E-state index contributed by atoms with van der Waals surface area (Å²) in [6.07, 6.45) is 1.80. The van der Waals surface area contributed by atoms with Gasteiger partial charge >= 0.3 is 0 Å². The summed E-state index contributed by atoms with van der Waals surface area (Å²) < 4.78 is 24.2. The number of halogens is 1. The van der Waals surface area contributed by atoms with Gasteiger partial charge in [-0.3, -0.25) is 4.79 Å². The molecule has 28 heavy (non-hydrogen) atoms. The van der Waals surface area contributed by atoms with Crippen LogP contribution in [0.1, 0.15) is 16.1 Å². The van der Waals surface area contributed by atoms with E-state index in [-0.39, 0.29) is 24.2 Å². The van der Waals surface area contributed by atoms with Gasteiger partial charge in [-0.2, -0.15) is 0 Å². The highest BCUT2D eigenvalue weighted by atomic mass is 19.1. The number of hydrogen-bond donors (Lipinski definition) is 2. The fourth-order valence-corrected chi connectivity index (χ4v) is 2.77. The summed E-state index contributed by atoms with van der Waals surface area (Å²) in [4.78, 5) is 20.6. The van der Waals surface area contributed by atoms with Crippen LogP contribution >= 0.6 is 0 Å². The number of benzene rings is 2. The number of ether oxygens (including phenoxy) is 2. The monoisotopic (exact) mass is 380 g/mol. The number of carbonyl (C=O) groups is 1. The lowest BCUT2D eigenvalue weighted by Gasteiger charge is -2.08. The minimum Gasteiger partial charge on any atom is -0.454 e. The molecule has 1 aliphatic rings. The normalized spacial score (nSPS) is 11.9. The number of amides is 1. The summed E-state index contributed by atoms with van der Waals surface area (Å²) in [5.41, 5.74) is 1.40. The third-order valence-electron chi connectivity index (χ3n) is 4.19. The first-order chi connectivity index (χ1) is 13.7. The topological polar surface area (TPSA) is 85.4 Å². The Hall–Kier alpha value is -3.68. The Balaban J connectivity index is 1.37. The molecular weight excluding hydrogens is 363 g/mol. The largest absolute Gasteiger partial charge is 0.454 e. The van der Waals surface area contributed by atoms with Crippen molar-refractivity contribution in [3.05, 3.63) is 71.9 Å². The fourth-order valence-electron chi connectivity index (χ4n) is 2.77. The van der Waals surface area contributed by atoms with E-state index in [1.807, 2.05) is 0 Å². The van der Waals surface area contributed by atoms with Gasteiger partial charge in [-0.05, 0) is 30.2 Å². The number of fused-ring (bicyclic) bond motifs is 1. The Morgan fingerprint density at radius 1 is 1.07 bits per heavy atom. The van der Waals surface area contributed by atoms with Crippen molar-refractivity contribution < 1.29 is 18.7 Å². The summed E-state index contributed by atoms with van der Waals surface area (Å²) >= 11 is 0. The van der Waals surface area contributed by atoms with E-state index < -0.39 is 0 Å². The van der Waals surface area contributed by atoms with Crippen LogP contribution in [0.15, 0.2) is 54.9 Å². The second-order valence-electron chi connectivity index (χ2n) is 6.08. The number of aromatic nitrogens is 2. The smallest absolute Gasteiger partial charge is 0.274 e. The maximum atomic E-state index is 13.7. The van der Waals surface area contributed by atoms with Gasteiger partial charge in [0.1, 0.15) is 23.7 Å². The quantitative estimate of drug-likeness (QED) is 0.683. The predicted molar refractivity (Wildman–Crippen MR) is 101 cm³/mol. The van der Waals surface area contributed by atoms with E-state index >= 15 is 0 Å². The minimum absolute atomic E-state index is 0.167. The highest BCUT2D eigenvalue weighted by molar-refractivity contribution is 6.03. The van der Waals surface area contributed by atoms with E-state index in [4.69, 9.17) is 9.47 Å². The molecule has 2 N–H and O–H groups in total. The molecule has 1 aliphatic heterocycles. The van der Waals surface area contributed by atoms with E-state index in [0.717, 1.165) is 0 Å². The third-order valence-corrected chi connectivity index (χ3v) is 4.19. The molecule has 0 saturated heterocycles. The summed E-state index contributed by atoms with van der Waals surface area (Å²) in [7, 11) is 0. The lowest BCUT2D eigenvalue weighted by atomic mass is 10.1. The summed E-state index contributed by atoms with van der Waals surface area (Å²) in [6, 6.07) is 13.3. The Labute approximate surface area is 160 Å². The minimum atomic E-state index is -0.376. The molecule has 0 fully saturated rings. The van der Waals surface area contributed by atoms with Gasteiger partial charge in [0, 0.05) is 24.4 Å². The SMILES string of the molecule is O=C(Nc1ccc2c(c1)OCO2)c1cc(NCCc2ccccc2F)ncn1. The maximum absolute atomic E-state index is 13.7. The van der Waals surface area contributed by atoms with Crippen molar-refractivity contribution in [2.24, 2.45) is 0 Å². The molecule has 4 rings (SSSR count). The summed E-state index contributed by atoms with van der Waals surface area (Å²) in [5, 5.41) is 5.84. The second kappa shape index (κ2) is 7.91. The first-order valence-corrected chi connectivity index (χ1v) is 8.69. The van der Waals surface area contributed by atoms with Crippen LogP contribution in [0.5, 0.6) is 11.5 Å². The zero-order valence-electron chi connectivity index (χ0n) is 14.8. The molecule has 7 nitrogen and oxygen atoms in total. The molecule has 0 atom stereocenters. The van der Waals surface area contributed by atoms with Crippen LogP contribution in [0, 0.1) is 5.82 Å². The zero-order valence-corrected chi connectivity index (χ0v) is 14.8. The highest BCUT2D eigenvalue weighted by Gasteiger charge is 2.15. The maximum Gasteiger partial charge on any atom is 0.274 e. The Kier molecular flexibility index (Phi) is 5.01. The molecule has 0 unspecified atom stereocenters. The summed E-state index contributed by atoms with van der Waals surface area (Å²) in [6.45, 7) is 0.641. The number of nitrogens with one attached hydrogen (secondary N) is 2. The van der Waals surface area contributed by atoms with Crippen LogP contribution in [0.4, 0.5) is 15.9 Å². The highest BCUT2D eigenvalue weighted by Crippen LogP contribution is 2.34. The van der Waals surface area contributed by atoms with Crippen LogP contribution < -0.4 is 20.1 Å². The Morgan fingerprint density at radius 3 is 2.82 bits per heavy atom. The zero-order chi connectivity index (χ0) is 19.3. The first-order valence-electron chi connectivity index (χ1n) is 8.69. The molecule has 0 radical (unpaired) electrons. The molecule has 2 heterocycles. The fraction of sp³-hybridized carbons (Fsp3) is 0.150. The average molecular weight is 380 g/mol. The summed E-state index contributed by atoms with van der Waals surface area (Å²) in [5.74, 6) is 1.09. The average Bonchev–Trinajstić information content (AvgIpc) is 3.17. The van der Waals surface area contributed by atoms with Gasteiger partial charge in [-0.1, -0.05) is 18.2 Å². The lowest BCUT2D eigenvalue weighted by Crippen LogP contribution is -2.15. The van der Waals surface area contributed by atoms with Gasteiger partial charge in [-0.15, -0.1) is 0 Å². The molecule has 8 heteroatoms. The van der Waals surface area contributed by atoms with Crippen molar-refractivity contribution >= 4 is 17.4 Å². The third kappa shape index (κ3) is 4.01. The van der Waals surface area contributed by atoms with E-state index in [9.17, 15) is 9.18 Å². The molecule has 1 aromatic heterocycles. The van der Waals surface area contributed by atoms with Crippen molar-refractivity contribution in [2.45, 2.75) is 6.42 Å². The van der Waals surface area contributed by atoms with E-state index in [2.05, 4.69) is 20.6 Å². The number of carbonyl (C=O) groups excluding carboxylic acids is 1. The Morgan fingerprint density at radius 2 is 1.93 bits per heavy atom. The van der Waals surface area contributed by atoms with Gasteiger partial charge < -0.3 is 20.1 Å². The van der Waals surface area contributed by atoms with E-state index in [0.29, 0.717) is 41.5 Å².